The summed E-state index contributed by atoms with van der Waals surface area (Å²) in [5.74, 6) is 0.668. The van der Waals surface area contributed by atoms with E-state index in [0.717, 1.165) is 39.1 Å². The zero-order valence-corrected chi connectivity index (χ0v) is 15.1. The molecular formula is C19H32N4O. The predicted octanol–water partition coefficient (Wildman–Crippen LogP) is 1.69. The summed E-state index contributed by atoms with van der Waals surface area (Å²) < 4.78 is 0. The summed E-state index contributed by atoms with van der Waals surface area (Å²) in [6, 6.07) is 10.6. The topological polar surface area (TPSA) is 61.6 Å². The van der Waals surface area contributed by atoms with Crippen molar-refractivity contribution in [3.8, 4) is 0 Å². The molecule has 0 radical (unpaired) electrons. The van der Waals surface area contributed by atoms with Crippen LogP contribution in [0.25, 0.3) is 0 Å². The van der Waals surface area contributed by atoms with Gasteiger partial charge in [-0.3, -0.25) is 9.69 Å². The monoisotopic (exact) mass is 332 g/mol. The van der Waals surface area contributed by atoms with Crippen LogP contribution < -0.4 is 16.0 Å². The van der Waals surface area contributed by atoms with Gasteiger partial charge < -0.3 is 16.0 Å². The van der Waals surface area contributed by atoms with Gasteiger partial charge in [-0.15, -0.1) is 0 Å². The molecule has 0 spiro atoms. The molecule has 2 rings (SSSR count). The number of carbonyl (C=O) groups excluding carboxylic acids is 1. The van der Waals surface area contributed by atoms with Crippen LogP contribution in [0.2, 0.25) is 0 Å². The molecule has 1 heterocycles. The fraction of sp³-hybridized carbons (Fsp3) is 0.632. The lowest BCUT2D eigenvalue weighted by Gasteiger charge is -2.36. The number of anilines is 1. The quantitative estimate of drug-likeness (QED) is 0.760. The molecule has 1 atom stereocenters. The van der Waals surface area contributed by atoms with Gasteiger partial charge in [0.2, 0.25) is 5.91 Å². The molecule has 1 aliphatic rings. The van der Waals surface area contributed by atoms with Crippen molar-refractivity contribution in [3.05, 3.63) is 30.3 Å². The van der Waals surface area contributed by atoms with Crippen molar-refractivity contribution >= 4 is 11.6 Å². The van der Waals surface area contributed by atoms with E-state index in [-0.39, 0.29) is 11.9 Å². The Bertz CT molecular complexity index is 483. The van der Waals surface area contributed by atoms with E-state index >= 15 is 0 Å². The number of nitrogens with zero attached hydrogens (tertiary/aromatic N) is 2. The summed E-state index contributed by atoms with van der Waals surface area (Å²) in [6.45, 7) is 9.70. The van der Waals surface area contributed by atoms with Gasteiger partial charge in [0, 0.05) is 57.4 Å². The molecule has 3 N–H and O–H groups in total. The van der Waals surface area contributed by atoms with Crippen molar-refractivity contribution in [2.45, 2.75) is 32.7 Å². The number of nitrogens with one attached hydrogen (secondary N) is 1. The fourth-order valence-corrected chi connectivity index (χ4v) is 3.21. The maximum atomic E-state index is 12.1. The minimum Gasteiger partial charge on any atom is -0.369 e. The number of rotatable bonds is 8. The van der Waals surface area contributed by atoms with Gasteiger partial charge >= 0.3 is 0 Å². The summed E-state index contributed by atoms with van der Waals surface area (Å²) in [4.78, 5) is 16.9. The van der Waals surface area contributed by atoms with E-state index < -0.39 is 0 Å². The lowest BCUT2D eigenvalue weighted by atomic mass is 10.0. The summed E-state index contributed by atoms with van der Waals surface area (Å²) in [6.07, 6.45) is 1.50. The molecule has 134 valence electrons. The molecule has 1 amide bonds. The smallest absolute Gasteiger partial charge is 0.221 e. The molecule has 5 heteroatoms. The zero-order valence-electron chi connectivity index (χ0n) is 15.1. The molecule has 1 unspecified atom stereocenters. The van der Waals surface area contributed by atoms with Crippen molar-refractivity contribution in [2.24, 2.45) is 11.7 Å². The molecule has 1 fully saturated rings. The normalized spacial score (nSPS) is 17.1. The molecular weight excluding hydrogens is 300 g/mol. The molecule has 0 saturated carbocycles. The molecule has 5 nitrogen and oxygen atoms in total. The second-order valence-electron chi connectivity index (χ2n) is 7.04. The molecule has 0 aliphatic carbocycles. The summed E-state index contributed by atoms with van der Waals surface area (Å²) in [5.41, 5.74) is 7.03. The molecule has 1 aromatic rings. The predicted molar refractivity (Wildman–Crippen MR) is 100 cm³/mol. The van der Waals surface area contributed by atoms with Crippen LogP contribution in [0.4, 0.5) is 5.69 Å². The van der Waals surface area contributed by atoms with Crippen LogP contribution in [0.15, 0.2) is 30.3 Å². The van der Waals surface area contributed by atoms with E-state index in [4.69, 9.17) is 5.73 Å². The highest BCUT2D eigenvalue weighted by molar-refractivity contribution is 5.76. The summed E-state index contributed by atoms with van der Waals surface area (Å²) in [5, 5.41) is 3.07. The van der Waals surface area contributed by atoms with Crippen LogP contribution in [-0.4, -0.2) is 56.1 Å². The van der Waals surface area contributed by atoms with Crippen molar-refractivity contribution in [2.75, 3.05) is 44.2 Å². The zero-order chi connectivity index (χ0) is 17.4. The number of para-hydroxylation sites is 1. The Morgan fingerprint density at radius 1 is 1.17 bits per heavy atom. The highest BCUT2D eigenvalue weighted by Gasteiger charge is 2.18. The number of piperazine rings is 1. The first-order valence-electron chi connectivity index (χ1n) is 9.10. The Balaban J connectivity index is 1.67. The van der Waals surface area contributed by atoms with Crippen molar-refractivity contribution < 1.29 is 4.79 Å². The van der Waals surface area contributed by atoms with Crippen molar-refractivity contribution in [1.82, 2.24) is 10.2 Å². The van der Waals surface area contributed by atoms with Gasteiger partial charge in [0.1, 0.15) is 0 Å². The SMILES string of the molecule is CC(C)CC(CN)NC(=O)CCN1CCN(c2ccccc2)CC1. The first-order valence-corrected chi connectivity index (χ1v) is 9.10. The standard InChI is InChI=1S/C19H32N4O/c1-16(2)14-17(15-20)21-19(24)8-9-22-10-12-23(13-11-22)18-6-4-3-5-7-18/h3-7,16-17H,8-15,20H2,1-2H3,(H,21,24). The van der Waals surface area contributed by atoms with Gasteiger partial charge in [0.25, 0.3) is 0 Å². The van der Waals surface area contributed by atoms with E-state index in [0.29, 0.717) is 18.9 Å². The Labute approximate surface area is 146 Å². The maximum absolute atomic E-state index is 12.1. The average molecular weight is 332 g/mol. The lowest BCUT2D eigenvalue weighted by molar-refractivity contribution is -0.122. The number of amides is 1. The number of nitrogens with two attached hydrogens (primary N) is 1. The van der Waals surface area contributed by atoms with E-state index in [9.17, 15) is 4.79 Å². The van der Waals surface area contributed by atoms with Gasteiger partial charge in [-0.05, 0) is 24.5 Å². The Morgan fingerprint density at radius 3 is 2.42 bits per heavy atom. The van der Waals surface area contributed by atoms with Gasteiger partial charge in [-0.1, -0.05) is 32.0 Å². The van der Waals surface area contributed by atoms with E-state index in [1.807, 2.05) is 6.07 Å². The van der Waals surface area contributed by atoms with Crippen molar-refractivity contribution in [3.63, 3.8) is 0 Å². The average Bonchev–Trinajstić information content (AvgIpc) is 2.60. The van der Waals surface area contributed by atoms with Crippen LogP contribution in [0, 0.1) is 5.92 Å². The Morgan fingerprint density at radius 2 is 1.83 bits per heavy atom. The summed E-state index contributed by atoms with van der Waals surface area (Å²) in [7, 11) is 0. The van der Waals surface area contributed by atoms with Crippen LogP contribution >= 0.6 is 0 Å². The van der Waals surface area contributed by atoms with E-state index in [2.05, 4.69) is 53.2 Å². The fourth-order valence-electron chi connectivity index (χ4n) is 3.21. The van der Waals surface area contributed by atoms with Crippen molar-refractivity contribution in [1.29, 1.82) is 0 Å². The third-order valence-electron chi connectivity index (χ3n) is 4.55. The van der Waals surface area contributed by atoms with Gasteiger partial charge in [-0.25, -0.2) is 0 Å². The second-order valence-corrected chi connectivity index (χ2v) is 7.04. The third-order valence-corrected chi connectivity index (χ3v) is 4.55. The highest BCUT2D eigenvalue weighted by Crippen LogP contribution is 2.15. The van der Waals surface area contributed by atoms with Crippen LogP contribution in [0.3, 0.4) is 0 Å². The minimum absolute atomic E-state index is 0.104. The van der Waals surface area contributed by atoms with E-state index in [1.54, 1.807) is 0 Å². The highest BCUT2D eigenvalue weighted by atomic mass is 16.1. The van der Waals surface area contributed by atoms with Crippen LogP contribution in [0.1, 0.15) is 26.7 Å². The third kappa shape index (κ3) is 6.13. The van der Waals surface area contributed by atoms with Gasteiger partial charge in [0.05, 0.1) is 0 Å². The molecule has 1 aliphatic heterocycles. The maximum Gasteiger partial charge on any atom is 0.221 e. The Kier molecular flexibility index (Phi) is 7.53. The molecule has 24 heavy (non-hydrogen) atoms. The summed E-state index contributed by atoms with van der Waals surface area (Å²) >= 11 is 0. The Hall–Kier alpha value is -1.59. The largest absolute Gasteiger partial charge is 0.369 e. The molecule has 1 saturated heterocycles. The molecule has 1 aromatic carbocycles. The number of hydrogen-bond donors (Lipinski definition) is 2. The number of hydrogen-bond acceptors (Lipinski definition) is 4. The first kappa shape index (κ1) is 18.7. The minimum atomic E-state index is 0.104. The van der Waals surface area contributed by atoms with Crippen LogP contribution in [-0.2, 0) is 4.79 Å². The number of benzene rings is 1. The van der Waals surface area contributed by atoms with Gasteiger partial charge in [0.15, 0.2) is 0 Å². The number of carbonyl (C=O) groups is 1. The first-order chi connectivity index (χ1) is 11.6. The van der Waals surface area contributed by atoms with E-state index in [1.165, 1.54) is 5.69 Å². The van der Waals surface area contributed by atoms with Gasteiger partial charge in [-0.2, -0.15) is 0 Å². The lowest BCUT2D eigenvalue weighted by Crippen LogP contribution is -2.48. The molecule has 0 bridgehead atoms. The van der Waals surface area contributed by atoms with Crippen LogP contribution in [0.5, 0.6) is 0 Å². The molecule has 0 aromatic heterocycles. The second kappa shape index (κ2) is 9.64.